The SMILES string of the molecule is CC1(C)[C@@H]2CC[C@@]1(C)[C@H](NC(=O)[C@@H](O)Cc1ccccc1)C2. The van der Waals surface area contributed by atoms with Gasteiger partial charge in [-0.1, -0.05) is 51.1 Å². The summed E-state index contributed by atoms with van der Waals surface area (Å²) in [7, 11) is 0. The first-order valence-electron chi connectivity index (χ1n) is 8.37. The van der Waals surface area contributed by atoms with E-state index in [9.17, 15) is 9.90 Å². The lowest BCUT2D eigenvalue weighted by Crippen LogP contribution is -2.50. The number of benzene rings is 1. The standard InChI is InChI=1S/C19H27NO2/c1-18(2)14-9-10-19(18,3)16(12-14)20-17(22)15(21)11-13-7-5-4-6-8-13/h4-8,14-16,21H,9-12H2,1-3H3,(H,20,22)/t14-,15+,16-,19+/m1/s1. The summed E-state index contributed by atoms with van der Waals surface area (Å²) in [5.74, 6) is 0.465. The average Bonchev–Trinajstić information content (AvgIpc) is 2.81. The highest BCUT2D eigenvalue weighted by molar-refractivity contribution is 5.81. The molecule has 120 valence electrons. The first-order chi connectivity index (χ1) is 10.3. The highest BCUT2D eigenvalue weighted by Crippen LogP contribution is 2.65. The van der Waals surface area contributed by atoms with Crippen LogP contribution in [0.15, 0.2) is 30.3 Å². The number of hydrogen-bond donors (Lipinski definition) is 2. The van der Waals surface area contributed by atoms with Gasteiger partial charge in [0.1, 0.15) is 6.10 Å². The maximum Gasteiger partial charge on any atom is 0.249 e. The zero-order valence-electron chi connectivity index (χ0n) is 13.8. The van der Waals surface area contributed by atoms with Gasteiger partial charge in [-0.25, -0.2) is 0 Å². The van der Waals surface area contributed by atoms with E-state index in [1.54, 1.807) is 0 Å². The smallest absolute Gasteiger partial charge is 0.249 e. The van der Waals surface area contributed by atoms with Crippen LogP contribution in [0.1, 0.15) is 45.6 Å². The highest BCUT2D eigenvalue weighted by Gasteiger charge is 2.61. The summed E-state index contributed by atoms with van der Waals surface area (Å²) in [5, 5.41) is 13.3. The van der Waals surface area contributed by atoms with E-state index >= 15 is 0 Å². The predicted molar refractivity (Wildman–Crippen MR) is 87.3 cm³/mol. The zero-order chi connectivity index (χ0) is 16.0. The molecule has 1 amide bonds. The van der Waals surface area contributed by atoms with E-state index in [4.69, 9.17) is 0 Å². The third-order valence-corrected chi connectivity index (χ3v) is 6.69. The summed E-state index contributed by atoms with van der Waals surface area (Å²) in [6.07, 6.45) is 2.90. The van der Waals surface area contributed by atoms with E-state index in [0.717, 1.165) is 12.0 Å². The molecule has 3 nitrogen and oxygen atoms in total. The predicted octanol–water partition coefficient (Wildman–Crippen LogP) is 2.92. The quantitative estimate of drug-likeness (QED) is 0.898. The molecule has 0 saturated heterocycles. The Labute approximate surface area is 133 Å². The van der Waals surface area contributed by atoms with Crippen molar-refractivity contribution in [3.63, 3.8) is 0 Å². The second-order valence-corrected chi connectivity index (χ2v) is 7.88. The van der Waals surface area contributed by atoms with E-state index in [2.05, 4.69) is 26.1 Å². The molecule has 0 spiro atoms. The maximum absolute atomic E-state index is 12.4. The van der Waals surface area contributed by atoms with Crippen LogP contribution in [-0.4, -0.2) is 23.2 Å². The fourth-order valence-corrected chi connectivity index (χ4v) is 4.62. The first-order valence-corrected chi connectivity index (χ1v) is 8.37. The molecule has 3 rings (SSSR count). The van der Waals surface area contributed by atoms with E-state index in [0.29, 0.717) is 12.3 Å². The molecule has 2 aliphatic rings. The number of hydrogen-bond acceptors (Lipinski definition) is 2. The van der Waals surface area contributed by atoms with E-state index in [1.807, 2.05) is 30.3 Å². The van der Waals surface area contributed by atoms with E-state index in [-0.39, 0.29) is 22.8 Å². The Morgan fingerprint density at radius 3 is 2.55 bits per heavy atom. The summed E-state index contributed by atoms with van der Waals surface area (Å²) >= 11 is 0. The topological polar surface area (TPSA) is 49.3 Å². The van der Waals surface area contributed by atoms with Crippen molar-refractivity contribution >= 4 is 5.91 Å². The molecule has 2 bridgehead atoms. The van der Waals surface area contributed by atoms with Crippen LogP contribution in [0.4, 0.5) is 0 Å². The molecule has 0 aliphatic heterocycles. The van der Waals surface area contributed by atoms with Crippen molar-refractivity contribution in [3.05, 3.63) is 35.9 Å². The zero-order valence-corrected chi connectivity index (χ0v) is 13.8. The van der Waals surface area contributed by atoms with Crippen LogP contribution in [0.2, 0.25) is 0 Å². The van der Waals surface area contributed by atoms with Crippen molar-refractivity contribution in [2.75, 3.05) is 0 Å². The Hall–Kier alpha value is -1.35. The minimum atomic E-state index is -0.965. The number of aliphatic hydroxyl groups is 1. The Morgan fingerprint density at radius 1 is 1.32 bits per heavy atom. The molecule has 0 aromatic heterocycles. The van der Waals surface area contributed by atoms with Crippen LogP contribution >= 0.6 is 0 Å². The fourth-order valence-electron chi connectivity index (χ4n) is 4.62. The molecule has 0 heterocycles. The first kappa shape index (κ1) is 15.5. The number of amides is 1. The molecule has 1 aromatic carbocycles. The summed E-state index contributed by atoms with van der Waals surface area (Å²) in [6.45, 7) is 6.96. The normalized spacial score (nSPS) is 33.6. The van der Waals surface area contributed by atoms with Gasteiger partial charge in [0.2, 0.25) is 5.91 Å². The van der Waals surface area contributed by atoms with Gasteiger partial charge >= 0.3 is 0 Å². The second-order valence-electron chi connectivity index (χ2n) is 7.88. The Kier molecular flexibility index (Phi) is 3.80. The minimum absolute atomic E-state index is 0.153. The fraction of sp³-hybridized carbons (Fsp3) is 0.632. The van der Waals surface area contributed by atoms with Gasteiger partial charge in [-0.15, -0.1) is 0 Å². The van der Waals surface area contributed by atoms with Crippen LogP contribution in [0, 0.1) is 16.7 Å². The average molecular weight is 301 g/mol. The van der Waals surface area contributed by atoms with E-state index in [1.165, 1.54) is 12.8 Å². The van der Waals surface area contributed by atoms with E-state index < -0.39 is 6.10 Å². The van der Waals surface area contributed by atoms with Gasteiger partial charge < -0.3 is 10.4 Å². The lowest BCUT2D eigenvalue weighted by atomic mass is 9.69. The van der Waals surface area contributed by atoms with Crippen molar-refractivity contribution in [3.8, 4) is 0 Å². The van der Waals surface area contributed by atoms with Gasteiger partial charge in [-0.2, -0.15) is 0 Å². The van der Waals surface area contributed by atoms with Crippen molar-refractivity contribution in [2.45, 2.75) is 58.6 Å². The van der Waals surface area contributed by atoms with Gasteiger partial charge in [0, 0.05) is 12.5 Å². The Balaban J connectivity index is 1.63. The Bertz CT molecular complexity index is 554. The van der Waals surface area contributed by atoms with Crippen molar-refractivity contribution in [1.29, 1.82) is 0 Å². The maximum atomic E-state index is 12.4. The van der Waals surface area contributed by atoms with Gasteiger partial charge in [-0.05, 0) is 41.6 Å². The molecule has 1 aromatic rings. The molecular weight excluding hydrogens is 274 g/mol. The molecular formula is C19H27NO2. The molecule has 0 unspecified atom stereocenters. The van der Waals surface area contributed by atoms with Crippen LogP contribution in [0.3, 0.4) is 0 Å². The lowest BCUT2D eigenvalue weighted by Gasteiger charge is -2.39. The molecule has 2 fully saturated rings. The molecule has 22 heavy (non-hydrogen) atoms. The van der Waals surface area contributed by atoms with Crippen LogP contribution in [0.5, 0.6) is 0 Å². The molecule has 4 atom stereocenters. The number of fused-ring (bicyclic) bond motifs is 2. The monoisotopic (exact) mass is 301 g/mol. The van der Waals surface area contributed by atoms with Gasteiger partial charge in [0.15, 0.2) is 0 Å². The molecule has 0 radical (unpaired) electrons. The Morgan fingerprint density at radius 2 is 2.00 bits per heavy atom. The van der Waals surface area contributed by atoms with Crippen LogP contribution in [-0.2, 0) is 11.2 Å². The summed E-state index contributed by atoms with van der Waals surface area (Å²) in [4.78, 5) is 12.4. The van der Waals surface area contributed by atoms with Gasteiger partial charge in [0.05, 0.1) is 0 Å². The highest BCUT2D eigenvalue weighted by atomic mass is 16.3. The van der Waals surface area contributed by atoms with Crippen LogP contribution < -0.4 is 5.32 Å². The number of carbonyl (C=O) groups is 1. The number of carbonyl (C=O) groups excluding carboxylic acids is 1. The second kappa shape index (κ2) is 5.38. The number of rotatable bonds is 4. The summed E-state index contributed by atoms with van der Waals surface area (Å²) < 4.78 is 0. The van der Waals surface area contributed by atoms with Crippen molar-refractivity contribution < 1.29 is 9.90 Å². The molecule has 2 N–H and O–H groups in total. The van der Waals surface area contributed by atoms with Crippen LogP contribution in [0.25, 0.3) is 0 Å². The third-order valence-electron chi connectivity index (χ3n) is 6.69. The summed E-state index contributed by atoms with van der Waals surface area (Å²) in [5.41, 5.74) is 1.42. The summed E-state index contributed by atoms with van der Waals surface area (Å²) in [6, 6.07) is 9.88. The molecule has 3 heteroatoms. The number of aliphatic hydroxyl groups excluding tert-OH is 1. The molecule has 2 aliphatic carbocycles. The van der Waals surface area contributed by atoms with Crippen molar-refractivity contribution in [2.24, 2.45) is 16.7 Å². The lowest BCUT2D eigenvalue weighted by molar-refractivity contribution is -0.131. The number of nitrogens with one attached hydrogen (secondary N) is 1. The third kappa shape index (κ3) is 2.36. The minimum Gasteiger partial charge on any atom is -0.383 e. The van der Waals surface area contributed by atoms with Gasteiger partial charge in [-0.3, -0.25) is 4.79 Å². The van der Waals surface area contributed by atoms with Gasteiger partial charge in [0.25, 0.3) is 0 Å². The largest absolute Gasteiger partial charge is 0.383 e. The molecule has 2 saturated carbocycles. The van der Waals surface area contributed by atoms with Crippen molar-refractivity contribution in [1.82, 2.24) is 5.32 Å².